The highest BCUT2D eigenvalue weighted by molar-refractivity contribution is 6.30. The molecule has 1 aromatic carbocycles. The van der Waals surface area contributed by atoms with Gasteiger partial charge < -0.3 is 14.9 Å². The van der Waals surface area contributed by atoms with E-state index in [0.29, 0.717) is 18.2 Å². The maximum Gasteiger partial charge on any atom is 0.284 e. The number of nitrogens with zero attached hydrogens (tertiary/aromatic N) is 1. The van der Waals surface area contributed by atoms with Crippen molar-refractivity contribution >= 4 is 17.5 Å². The van der Waals surface area contributed by atoms with E-state index in [1.54, 1.807) is 6.07 Å². The first-order valence-electron chi connectivity index (χ1n) is 8.30. The minimum absolute atomic E-state index is 0.203. The van der Waals surface area contributed by atoms with Gasteiger partial charge in [0.05, 0.1) is 0 Å². The number of halogens is 1. The minimum Gasteiger partial charge on any atom is -0.492 e. The zero-order valence-electron chi connectivity index (χ0n) is 14.8. The third kappa shape index (κ3) is 3.99. The monoisotopic (exact) mass is 362 g/mol. The third-order valence-corrected chi connectivity index (χ3v) is 4.44. The zero-order valence-corrected chi connectivity index (χ0v) is 15.5. The SMILES string of the molecule is CC(C)(C)c1oc(C(N)=O)cc1CN1CCOc2ccc(Cl)cc2C1. The van der Waals surface area contributed by atoms with Gasteiger partial charge in [-0.25, -0.2) is 0 Å². The lowest BCUT2D eigenvalue weighted by Crippen LogP contribution is -2.26. The van der Waals surface area contributed by atoms with Crippen molar-refractivity contribution in [3.05, 3.63) is 51.9 Å². The van der Waals surface area contributed by atoms with Gasteiger partial charge in [0.15, 0.2) is 5.76 Å². The van der Waals surface area contributed by atoms with E-state index in [1.807, 2.05) is 18.2 Å². The third-order valence-electron chi connectivity index (χ3n) is 4.21. The molecular weight excluding hydrogens is 340 g/mol. The second-order valence-corrected chi connectivity index (χ2v) is 7.83. The van der Waals surface area contributed by atoms with Crippen molar-refractivity contribution < 1.29 is 13.9 Å². The molecule has 0 saturated carbocycles. The Kier molecular flexibility index (Phi) is 4.80. The van der Waals surface area contributed by atoms with Crippen molar-refractivity contribution in [2.75, 3.05) is 13.2 Å². The van der Waals surface area contributed by atoms with Gasteiger partial charge in [0.1, 0.15) is 18.1 Å². The number of nitrogens with two attached hydrogens (primary N) is 1. The van der Waals surface area contributed by atoms with Gasteiger partial charge in [0.25, 0.3) is 5.91 Å². The van der Waals surface area contributed by atoms with E-state index in [9.17, 15) is 4.79 Å². The molecule has 1 aliphatic rings. The van der Waals surface area contributed by atoms with Crippen LogP contribution in [0.5, 0.6) is 5.75 Å². The Labute approximate surface area is 152 Å². The molecule has 0 spiro atoms. The van der Waals surface area contributed by atoms with Gasteiger partial charge >= 0.3 is 0 Å². The summed E-state index contributed by atoms with van der Waals surface area (Å²) in [5.74, 6) is 1.31. The number of furan rings is 1. The highest BCUT2D eigenvalue weighted by atomic mass is 35.5. The molecule has 1 aromatic heterocycles. The lowest BCUT2D eigenvalue weighted by Gasteiger charge is -2.22. The van der Waals surface area contributed by atoms with Crippen LogP contribution >= 0.6 is 11.6 Å². The van der Waals surface area contributed by atoms with E-state index in [2.05, 4.69) is 25.7 Å². The number of carbonyl (C=O) groups is 1. The number of fused-ring (bicyclic) bond motifs is 1. The molecule has 0 atom stereocenters. The molecule has 1 aliphatic heterocycles. The van der Waals surface area contributed by atoms with Crippen LogP contribution in [0.3, 0.4) is 0 Å². The average Bonchev–Trinajstić information content (AvgIpc) is 2.83. The summed E-state index contributed by atoms with van der Waals surface area (Å²) in [6.07, 6.45) is 0. The van der Waals surface area contributed by atoms with Crippen LogP contribution in [0.25, 0.3) is 0 Å². The fourth-order valence-electron chi connectivity index (χ4n) is 3.10. The molecule has 0 bridgehead atoms. The molecule has 25 heavy (non-hydrogen) atoms. The summed E-state index contributed by atoms with van der Waals surface area (Å²) >= 11 is 6.12. The summed E-state index contributed by atoms with van der Waals surface area (Å²) in [5, 5.41) is 0.693. The van der Waals surface area contributed by atoms with Crippen molar-refractivity contribution in [3.8, 4) is 5.75 Å². The molecule has 0 radical (unpaired) electrons. The van der Waals surface area contributed by atoms with Crippen molar-refractivity contribution in [2.45, 2.75) is 39.3 Å². The normalized spacial score (nSPS) is 15.4. The van der Waals surface area contributed by atoms with Crippen molar-refractivity contribution in [3.63, 3.8) is 0 Å². The van der Waals surface area contributed by atoms with Crippen molar-refractivity contribution in [2.24, 2.45) is 5.73 Å². The van der Waals surface area contributed by atoms with Gasteiger partial charge in [-0.2, -0.15) is 0 Å². The first kappa shape index (κ1) is 17.8. The second kappa shape index (κ2) is 6.73. The Bertz CT molecular complexity index is 792. The number of hydrogen-bond acceptors (Lipinski definition) is 4. The minimum atomic E-state index is -0.548. The summed E-state index contributed by atoms with van der Waals surface area (Å²) in [6, 6.07) is 7.44. The maximum absolute atomic E-state index is 11.5. The Hall–Kier alpha value is -1.98. The summed E-state index contributed by atoms with van der Waals surface area (Å²) in [5.41, 5.74) is 7.22. The fraction of sp³-hybridized carbons (Fsp3) is 0.421. The highest BCUT2D eigenvalue weighted by Gasteiger charge is 2.27. The number of benzene rings is 1. The summed E-state index contributed by atoms with van der Waals surface area (Å²) in [4.78, 5) is 13.8. The largest absolute Gasteiger partial charge is 0.492 e. The van der Waals surface area contributed by atoms with Crippen LogP contribution in [-0.4, -0.2) is 24.0 Å². The summed E-state index contributed by atoms with van der Waals surface area (Å²) < 4.78 is 11.6. The topological polar surface area (TPSA) is 68.7 Å². The van der Waals surface area contributed by atoms with Gasteiger partial charge in [-0.05, 0) is 24.3 Å². The molecule has 6 heteroatoms. The van der Waals surface area contributed by atoms with E-state index in [-0.39, 0.29) is 11.2 Å². The van der Waals surface area contributed by atoms with Gasteiger partial charge in [-0.15, -0.1) is 0 Å². The molecule has 0 saturated heterocycles. The van der Waals surface area contributed by atoms with E-state index >= 15 is 0 Å². The predicted molar refractivity (Wildman–Crippen MR) is 97.0 cm³/mol. The Morgan fingerprint density at radius 2 is 2.08 bits per heavy atom. The molecule has 2 aromatic rings. The molecule has 2 heterocycles. The van der Waals surface area contributed by atoms with Crippen LogP contribution in [0.2, 0.25) is 5.02 Å². The summed E-state index contributed by atoms with van der Waals surface area (Å²) in [7, 11) is 0. The number of hydrogen-bond donors (Lipinski definition) is 1. The molecule has 0 unspecified atom stereocenters. The lowest BCUT2D eigenvalue weighted by molar-refractivity contribution is 0.0970. The van der Waals surface area contributed by atoms with Crippen molar-refractivity contribution in [1.29, 1.82) is 0 Å². The van der Waals surface area contributed by atoms with Crippen LogP contribution in [0.4, 0.5) is 0 Å². The van der Waals surface area contributed by atoms with Crippen molar-refractivity contribution in [1.82, 2.24) is 4.90 Å². The second-order valence-electron chi connectivity index (χ2n) is 7.39. The van der Waals surface area contributed by atoms with E-state index < -0.39 is 5.91 Å². The van der Waals surface area contributed by atoms with Crippen LogP contribution in [0.1, 0.15) is 48.2 Å². The first-order valence-corrected chi connectivity index (χ1v) is 8.68. The number of ether oxygens (including phenoxy) is 1. The Morgan fingerprint density at radius 3 is 2.76 bits per heavy atom. The molecule has 2 N–H and O–H groups in total. The number of amides is 1. The van der Waals surface area contributed by atoms with Crippen LogP contribution in [0.15, 0.2) is 28.7 Å². The van der Waals surface area contributed by atoms with E-state index in [0.717, 1.165) is 35.7 Å². The molecule has 1 amide bonds. The molecule has 5 nitrogen and oxygen atoms in total. The molecule has 0 fully saturated rings. The Balaban J connectivity index is 1.88. The standard InChI is InChI=1S/C19H23ClN2O3/c1-19(2,3)17-13(9-16(25-17)18(21)23)11-22-6-7-24-15-5-4-14(20)8-12(15)10-22/h4-5,8-9H,6-7,10-11H2,1-3H3,(H2,21,23). The first-order chi connectivity index (χ1) is 11.7. The van der Waals surface area contributed by atoms with E-state index in [1.165, 1.54) is 0 Å². The Morgan fingerprint density at radius 1 is 1.32 bits per heavy atom. The van der Waals surface area contributed by atoms with Gasteiger partial charge in [-0.1, -0.05) is 32.4 Å². The average molecular weight is 363 g/mol. The quantitative estimate of drug-likeness (QED) is 0.903. The smallest absolute Gasteiger partial charge is 0.284 e. The number of primary amides is 1. The zero-order chi connectivity index (χ0) is 18.2. The molecular formula is C19H23ClN2O3. The van der Waals surface area contributed by atoms with Crippen LogP contribution < -0.4 is 10.5 Å². The predicted octanol–water partition coefficient (Wildman–Crippen LogP) is 3.72. The molecule has 0 aliphatic carbocycles. The lowest BCUT2D eigenvalue weighted by atomic mass is 9.90. The van der Waals surface area contributed by atoms with Crippen LogP contribution in [-0.2, 0) is 18.5 Å². The maximum atomic E-state index is 11.5. The highest BCUT2D eigenvalue weighted by Crippen LogP contribution is 2.32. The van der Waals surface area contributed by atoms with Gasteiger partial charge in [0, 0.05) is 41.2 Å². The van der Waals surface area contributed by atoms with Gasteiger partial charge in [-0.3, -0.25) is 9.69 Å². The van der Waals surface area contributed by atoms with E-state index in [4.69, 9.17) is 26.5 Å². The number of carbonyl (C=O) groups excluding carboxylic acids is 1. The molecule has 134 valence electrons. The fourth-order valence-corrected chi connectivity index (χ4v) is 3.29. The van der Waals surface area contributed by atoms with Gasteiger partial charge in [0.2, 0.25) is 0 Å². The molecule has 3 rings (SSSR count). The number of rotatable bonds is 3. The summed E-state index contributed by atoms with van der Waals surface area (Å²) in [6.45, 7) is 8.91. The van der Waals surface area contributed by atoms with Crippen LogP contribution in [0, 0.1) is 0 Å².